The lowest BCUT2D eigenvalue weighted by atomic mass is 10.0. The van der Waals surface area contributed by atoms with E-state index in [1.54, 1.807) is 11.6 Å². The van der Waals surface area contributed by atoms with Gasteiger partial charge in [0.2, 0.25) is 5.82 Å². The second-order valence-corrected chi connectivity index (χ2v) is 6.71. The predicted molar refractivity (Wildman–Crippen MR) is 93.7 cm³/mol. The number of hydrogen-bond acceptors (Lipinski definition) is 6. The van der Waals surface area contributed by atoms with E-state index in [0.717, 1.165) is 37.3 Å². The first-order valence-electron chi connectivity index (χ1n) is 8.69. The van der Waals surface area contributed by atoms with Crippen LogP contribution in [0.3, 0.4) is 0 Å². The maximum atomic E-state index is 13.1. The van der Waals surface area contributed by atoms with E-state index in [9.17, 15) is 4.79 Å². The topological polar surface area (TPSA) is 75.9 Å². The monoisotopic (exact) mass is 346 g/mol. The number of amides is 1. The second kappa shape index (κ2) is 7.45. The first-order valence-corrected chi connectivity index (χ1v) is 8.69. The number of methoxy groups -OCH3 is 1. The quantitative estimate of drug-likeness (QED) is 0.801. The lowest BCUT2D eigenvalue weighted by Gasteiger charge is -2.36. The van der Waals surface area contributed by atoms with Gasteiger partial charge in [0.05, 0.1) is 6.61 Å². The molecule has 136 valence electrons. The molecule has 1 aliphatic heterocycles. The zero-order valence-electron chi connectivity index (χ0n) is 15.4. The highest BCUT2D eigenvalue weighted by Gasteiger charge is 2.30. The molecule has 25 heavy (non-hydrogen) atoms. The molecule has 0 spiro atoms. The summed E-state index contributed by atoms with van der Waals surface area (Å²) < 4.78 is 6.83. The average molecular weight is 346 g/mol. The Bertz CT molecular complexity index is 751. The third kappa shape index (κ3) is 3.80. The van der Waals surface area contributed by atoms with Crippen LogP contribution < -0.4 is 0 Å². The van der Waals surface area contributed by atoms with Crippen LogP contribution in [-0.2, 0) is 4.74 Å². The Morgan fingerprint density at radius 3 is 2.72 bits per heavy atom. The van der Waals surface area contributed by atoms with Crippen LogP contribution in [0, 0.1) is 13.8 Å². The van der Waals surface area contributed by atoms with Crippen molar-refractivity contribution in [1.82, 2.24) is 29.4 Å². The van der Waals surface area contributed by atoms with Gasteiger partial charge in [0.25, 0.3) is 11.7 Å². The van der Waals surface area contributed by atoms with Crippen LogP contribution >= 0.6 is 0 Å². The summed E-state index contributed by atoms with van der Waals surface area (Å²) in [5.41, 5.74) is 1.78. The molecule has 3 rings (SSSR count). The molecule has 1 saturated heterocycles. The summed E-state index contributed by atoms with van der Waals surface area (Å²) in [7, 11) is 3.76. The number of aromatic nitrogens is 4. The third-order valence-corrected chi connectivity index (χ3v) is 4.74. The van der Waals surface area contributed by atoms with Gasteiger partial charge >= 0.3 is 0 Å². The minimum Gasteiger partial charge on any atom is -0.383 e. The molecule has 1 aliphatic rings. The van der Waals surface area contributed by atoms with Crippen molar-refractivity contribution < 1.29 is 9.53 Å². The van der Waals surface area contributed by atoms with E-state index >= 15 is 0 Å². The SMILES string of the molecule is COCCN(C(=O)c1nc2nc(C)cc(C)n2n1)C1CCN(C)CC1. The highest BCUT2D eigenvalue weighted by molar-refractivity contribution is 5.91. The second-order valence-electron chi connectivity index (χ2n) is 6.71. The van der Waals surface area contributed by atoms with Crippen LogP contribution in [0.25, 0.3) is 5.78 Å². The lowest BCUT2D eigenvalue weighted by molar-refractivity contribution is 0.0494. The molecular weight excluding hydrogens is 320 g/mol. The summed E-state index contributed by atoms with van der Waals surface area (Å²) in [5.74, 6) is 0.529. The van der Waals surface area contributed by atoms with Crippen molar-refractivity contribution >= 4 is 11.7 Å². The van der Waals surface area contributed by atoms with Crippen molar-refractivity contribution in [2.75, 3.05) is 40.4 Å². The Labute approximate surface area is 147 Å². The molecule has 1 fully saturated rings. The molecule has 0 saturated carbocycles. The normalized spacial score (nSPS) is 16.5. The minimum atomic E-state index is -0.144. The molecular formula is C17H26N6O2. The number of hydrogen-bond donors (Lipinski definition) is 0. The molecule has 2 aromatic rings. The van der Waals surface area contributed by atoms with E-state index in [1.807, 2.05) is 24.8 Å². The lowest BCUT2D eigenvalue weighted by Crippen LogP contribution is -2.48. The molecule has 0 unspecified atom stereocenters. The zero-order valence-corrected chi connectivity index (χ0v) is 15.4. The zero-order chi connectivity index (χ0) is 18.0. The van der Waals surface area contributed by atoms with Crippen molar-refractivity contribution in [3.05, 3.63) is 23.3 Å². The first kappa shape index (κ1) is 17.8. The maximum absolute atomic E-state index is 13.1. The summed E-state index contributed by atoms with van der Waals surface area (Å²) in [4.78, 5) is 26.0. The van der Waals surface area contributed by atoms with Crippen molar-refractivity contribution in [3.8, 4) is 0 Å². The summed E-state index contributed by atoms with van der Waals surface area (Å²) in [6.45, 7) is 6.86. The van der Waals surface area contributed by atoms with Crippen LogP contribution in [0.5, 0.6) is 0 Å². The number of carbonyl (C=O) groups excluding carboxylic acids is 1. The van der Waals surface area contributed by atoms with Gasteiger partial charge in [0.15, 0.2) is 0 Å². The van der Waals surface area contributed by atoms with Crippen molar-refractivity contribution in [3.63, 3.8) is 0 Å². The Hall–Kier alpha value is -2.06. The van der Waals surface area contributed by atoms with Crippen molar-refractivity contribution in [2.45, 2.75) is 32.7 Å². The van der Waals surface area contributed by atoms with E-state index in [-0.39, 0.29) is 17.8 Å². The fourth-order valence-corrected chi connectivity index (χ4v) is 3.33. The van der Waals surface area contributed by atoms with Crippen molar-refractivity contribution in [1.29, 1.82) is 0 Å². The number of fused-ring (bicyclic) bond motifs is 1. The van der Waals surface area contributed by atoms with Gasteiger partial charge in [-0.3, -0.25) is 4.79 Å². The molecule has 8 heteroatoms. The highest BCUT2D eigenvalue weighted by Crippen LogP contribution is 2.18. The molecule has 1 amide bonds. The number of ether oxygens (including phenoxy) is 1. The fraction of sp³-hybridized carbons (Fsp3) is 0.647. The van der Waals surface area contributed by atoms with Gasteiger partial charge < -0.3 is 14.5 Å². The first-order chi connectivity index (χ1) is 12.0. The summed E-state index contributed by atoms with van der Waals surface area (Å²) in [6, 6.07) is 2.12. The molecule has 2 aromatic heterocycles. The Morgan fingerprint density at radius 2 is 2.04 bits per heavy atom. The molecule has 0 aromatic carbocycles. The fourth-order valence-electron chi connectivity index (χ4n) is 3.33. The largest absolute Gasteiger partial charge is 0.383 e. The molecule has 0 atom stereocenters. The van der Waals surface area contributed by atoms with Gasteiger partial charge in [-0.05, 0) is 52.9 Å². The number of aryl methyl sites for hydroxylation is 2. The van der Waals surface area contributed by atoms with Crippen molar-refractivity contribution in [2.24, 2.45) is 0 Å². The highest BCUT2D eigenvalue weighted by atomic mass is 16.5. The summed E-state index contributed by atoms with van der Waals surface area (Å²) in [5, 5.41) is 4.39. The number of nitrogens with zero attached hydrogens (tertiary/aromatic N) is 6. The van der Waals surface area contributed by atoms with Crippen LogP contribution in [-0.4, -0.2) is 81.7 Å². The van der Waals surface area contributed by atoms with E-state index in [0.29, 0.717) is 18.9 Å². The number of likely N-dealkylation sites (tertiary alicyclic amines) is 1. The number of piperidine rings is 1. The molecule has 0 bridgehead atoms. The van der Waals surface area contributed by atoms with Gasteiger partial charge in [0, 0.05) is 31.1 Å². The molecule has 0 radical (unpaired) electrons. The molecule has 0 aliphatic carbocycles. The van der Waals surface area contributed by atoms with Gasteiger partial charge in [0.1, 0.15) is 0 Å². The van der Waals surface area contributed by atoms with E-state index in [2.05, 4.69) is 27.0 Å². The molecule has 3 heterocycles. The predicted octanol–water partition coefficient (Wildman–Crippen LogP) is 0.924. The van der Waals surface area contributed by atoms with Crippen LogP contribution in [0.4, 0.5) is 0 Å². The van der Waals surface area contributed by atoms with Gasteiger partial charge in [-0.15, -0.1) is 5.10 Å². The standard InChI is InChI=1S/C17H26N6O2/c1-12-11-13(2)23-17(18-12)19-15(20-23)16(24)22(9-10-25-4)14-5-7-21(3)8-6-14/h11,14H,5-10H2,1-4H3. The molecule has 0 N–H and O–H groups in total. The van der Waals surface area contributed by atoms with Gasteiger partial charge in [-0.2, -0.15) is 4.98 Å². The summed E-state index contributed by atoms with van der Waals surface area (Å²) in [6.07, 6.45) is 1.91. The smallest absolute Gasteiger partial charge is 0.293 e. The van der Waals surface area contributed by atoms with E-state index in [4.69, 9.17) is 4.74 Å². The minimum absolute atomic E-state index is 0.144. The summed E-state index contributed by atoms with van der Waals surface area (Å²) >= 11 is 0. The Morgan fingerprint density at radius 1 is 1.32 bits per heavy atom. The van der Waals surface area contributed by atoms with E-state index < -0.39 is 0 Å². The number of carbonyl (C=O) groups is 1. The average Bonchev–Trinajstić information content (AvgIpc) is 3.01. The van der Waals surface area contributed by atoms with Crippen LogP contribution in [0.15, 0.2) is 6.07 Å². The van der Waals surface area contributed by atoms with Gasteiger partial charge in [-0.1, -0.05) is 0 Å². The van der Waals surface area contributed by atoms with Crippen LogP contribution in [0.1, 0.15) is 34.8 Å². The Balaban J connectivity index is 1.87. The van der Waals surface area contributed by atoms with Gasteiger partial charge in [-0.25, -0.2) is 9.50 Å². The molecule has 8 nitrogen and oxygen atoms in total. The number of rotatable bonds is 5. The van der Waals surface area contributed by atoms with Crippen LogP contribution in [0.2, 0.25) is 0 Å². The Kier molecular flexibility index (Phi) is 5.29. The third-order valence-electron chi connectivity index (χ3n) is 4.74. The van der Waals surface area contributed by atoms with E-state index in [1.165, 1.54) is 0 Å². The maximum Gasteiger partial charge on any atom is 0.293 e.